The van der Waals surface area contributed by atoms with Crippen molar-refractivity contribution >= 4 is 11.6 Å². The van der Waals surface area contributed by atoms with Crippen molar-refractivity contribution in [2.24, 2.45) is 0 Å². The second-order valence-electron chi connectivity index (χ2n) is 5.93. The highest BCUT2D eigenvalue weighted by atomic mass is 16.5. The summed E-state index contributed by atoms with van der Waals surface area (Å²) < 4.78 is 5.34. The van der Waals surface area contributed by atoms with E-state index in [9.17, 15) is 4.79 Å². The summed E-state index contributed by atoms with van der Waals surface area (Å²) in [7, 11) is 0. The Balaban J connectivity index is 1.55. The van der Waals surface area contributed by atoms with Gasteiger partial charge >= 0.3 is 0 Å². The zero-order valence-corrected chi connectivity index (χ0v) is 13.2. The molecule has 0 bridgehead atoms. The maximum Gasteiger partial charge on any atom is 0.258 e. The van der Waals surface area contributed by atoms with E-state index in [4.69, 9.17) is 4.52 Å². The van der Waals surface area contributed by atoms with Crippen LogP contribution in [-0.2, 0) is 4.79 Å². The van der Waals surface area contributed by atoms with Crippen molar-refractivity contribution in [3.05, 3.63) is 60.2 Å². The van der Waals surface area contributed by atoms with E-state index in [-0.39, 0.29) is 11.8 Å². The molecule has 0 aliphatic carbocycles. The number of rotatable bonds is 3. The highest BCUT2D eigenvalue weighted by molar-refractivity contribution is 5.96. The molecular weight excluding hydrogens is 304 g/mol. The van der Waals surface area contributed by atoms with Crippen LogP contribution in [-0.4, -0.2) is 27.6 Å². The average molecular weight is 320 g/mol. The molecule has 0 spiro atoms. The van der Waals surface area contributed by atoms with Gasteiger partial charge in [0, 0.05) is 42.5 Å². The van der Waals surface area contributed by atoms with E-state index < -0.39 is 0 Å². The third-order valence-corrected chi connectivity index (χ3v) is 4.20. The maximum atomic E-state index is 12.4. The predicted octanol–water partition coefficient (Wildman–Crippen LogP) is 2.96. The zero-order valence-electron chi connectivity index (χ0n) is 13.2. The number of aryl methyl sites for hydroxylation is 1. The van der Waals surface area contributed by atoms with Crippen molar-refractivity contribution in [2.75, 3.05) is 11.4 Å². The third-order valence-electron chi connectivity index (χ3n) is 4.20. The lowest BCUT2D eigenvalue weighted by Crippen LogP contribution is -2.24. The van der Waals surface area contributed by atoms with E-state index in [1.54, 1.807) is 17.3 Å². The van der Waals surface area contributed by atoms with Gasteiger partial charge in [0.1, 0.15) is 0 Å². The Hall–Kier alpha value is -3.02. The Bertz CT molecular complexity index is 858. The van der Waals surface area contributed by atoms with Crippen LogP contribution in [0.2, 0.25) is 0 Å². The standard InChI is InChI=1S/C18H16N4O2/c1-12-2-4-15(5-3-12)22-11-14(10-16(22)23)17-20-18(24-21-17)13-6-8-19-9-7-13/h2-9,14H,10-11H2,1H3/t14-/m1/s1. The van der Waals surface area contributed by atoms with Crippen LogP contribution in [0.25, 0.3) is 11.5 Å². The topological polar surface area (TPSA) is 72.1 Å². The normalized spacial score (nSPS) is 17.5. The van der Waals surface area contributed by atoms with Crippen molar-refractivity contribution in [3.8, 4) is 11.5 Å². The Morgan fingerprint density at radius 2 is 1.88 bits per heavy atom. The molecule has 24 heavy (non-hydrogen) atoms. The van der Waals surface area contributed by atoms with Crippen LogP contribution < -0.4 is 4.90 Å². The van der Waals surface area contributed by atoms with Crippen molar-refractivity contribution < 1.29 is 9.32 Å². The van der Waals surface area contributed by atoms with Crippen molar-refractivity contribution in [3.63, 3.8) is 0 Å². The molecule has 2 aromatic heterocycles. The first kappa shape index (κ1) is 14.6. The second kappa shape index (κ2) is 5.88. The van der Waals surface area contributed by atoms with Crippen molar-refractivity contribution in [1.29, 1.82) is 0 Å². The highest BCUT2D eigenvalue weighted by Crippen LogP contribution is 2.31. The number of nitrogens with zero attached hydrogens (tertiary/aromatic N) is 4. The predicted molar refractivity (Wildman–Crippen MR) is 88.4 cm³/mol. The molecular formula is C18H16N4O2. The number of amides is 1. The lowest BCUT2D eigenvalue weighted by Gasteiger charge is -2.16. The smallest absolute Gasteiger partial charge is 0.258 e. The summed E-state index contributed by atoms with van der Waals surface area (Å²) in [5.74, 6) is 1.05. The first-order valence-electron chi connectivity index (χ1n) is 7.82. The number of hydrogen-bond donors (Lipinski definition) is 0. The number of hydrogen-bond acceptors (Lipinski definition) is 5. The number of carbonyl (C=O) groups is 1. The van der Waals surface area contributed by atoms with Gasteiger partial charge in [-0.2, -0.15) is 4.98 Å². The number of benzene rings is 1. The molecule has 1 aliphatic heterocycles. The molecule has 1 fully saturated rings. The molecule has 0 N–H and O–H groups in total. The Morgan fingerprint density at radius 1 is 1.12 bits per heavy atom. The number of pyridine rings is 1. The second-order valence-corrected chi connectivity index (χ2v) is 5.93. The summed E-state index contributed by atoms with van der Waals surface area (Å²) in [6, 6.07) is 11.6. The van der Waals surface area contributed by atoms with Gasteiger partial charge in [0.2, 0.25) is 5.91 Å². The monoisotopic (exact) mass is 320 g/mol. The van der Waals surface area contributed by atoms with Gasteiger partial charge < -0.3 is 9.42 Å². The first-order chi connectivity index (χ1) is 11.7. The fraction of sp³-hybridized carbons (Fsp3) is 0.222. The lowest BCUT2D eigenvalue weighted by molar-refractivity contribution is -0.117. The van der Waals surface area contributed by atoms with Gasteiger partial charge in [0.25, 0.3) is 5.89 Å². The summed E-state index contributed by atoms with van der Waals surface area (Å²) in [6.45, 7) is 2.59. The van der Waals surface area contributed by atoms with E-state index in [0.717, 1.165) is 11.3 Å². The van der Waals surface area contributed by atoms with E-state index in [1.165, 1.54) is 5.56 Å². The SMILES string of the molecule is Cc1ccc(N2C[C@H](c3noc(-c4ccncc4)n3)CC2=O)cc1. The van der Waals surface area contributed by atoms with Gasteiger partial charge in [-0.3, -0.25) is 9.78 Å². The van der Waals surface area contributed by atoms with Gasteiger partial charge in [-0.15, -0.1) is 0 Å². The Labute approximate surface area is 139 Å². The van der Waals surface area contributed by atoms with E-state index >= 15 is 0 Å². The molecule has 0 radical (unpaired) electrons. The zero-order chi connectivity index (χ0) is 16.5. The highest BCUT2D eigenvalue weighted by Gasteiger charge is 2.34. The van der Waals surface area contributed by atoms with E-state index in [2.05, 4.69) is 15.1 Å². The molecule has 4 rings (SSSR count). The first-order valence-corrected chi connectivity index (χ1v) is 7.82. The molecule has 0 unspecified atom stereocenters. The molecule has 3 aromatic rings. The number of anilines is 1. The van der Waals surface area contributed by atoms with Gasteiger partial charge in [-0.25, -0.2) is 0 Å². The van der Waals surface area contributed by atoms with E-state index in [1.807, 2.05) is 43.3 Å². The fourth-order valence-corrected chi connectivity index (χ4v) is 2.87. The quantitative estimate of drug-likeness (QED) is 0.742. The molecule has 6 heteroatoms. The van der Waals surface area contributed by atoms with Gasteiger partial charge in [-0.1, -0.05) is 22.9 Å². The van der Waals surface area contributed by atoms with Crippen molar-refractivity contribution in [1.82, 2.24) is 15.1 Å². The molecule has 3 heterocycles. The van der Waals surface area contributed by atoms with Crippen LogP contribution in [0.3, 0.4) is 0 Å². The summed E-state index contributed by atoms with van der Waals surface area (Å²) in [6.07, 6.45) is 3.75. The van der Waals surface area contributed by atoms with Crippen LogP contribution in [0.5, 0.6) is 0 Å². The summed E-state index contributed by atoms with van der Waals surface area (Å²) in [5.41, 5.74) is 2.90. The minimum atomic E-state index is -0.0573. The summed E-state index contributed by atoms with van der Waals surface area (Å²) in [5, 5.41) is 4.07. The fourth-order valence-electron chi connectivity index (χ4n) is 2.87. The van der Waals surface area contributed by atoms with Gasteiger partial charge in [-0.05, 0) is 31.2 Å². The molecule has 1 aromatic carbocycles. The van der Waals surface area contributed by atoms with Crippen LogP contribution in [0.1, 0.15) is 23.7 Å². The van der Waals surface area contributed by atoms with Crippen LogP contribution in [0.15, 0.2) is 53.3 Å². The molecule has 0 saturated carbocycles. The molecule has 1 atom stereocenters. The Kier molecular flexibility index (Phi) is 3.57. The van der Waals surface area contributed by atoms with Gasteiger partial charge in [0.15, 0.2) is 5.82 Å². The minimum Gasteiger partial charge on any atom is -0.334 e. The van der Waals surface area contributed by atoms with Gasteiger partial charge in [0.05, 0.1) is 0 Å². The van der Waals surface area contributed by atoms with Crippen LogP contribution in [0.4, 0.5) is 5.69 Å². The summed E-state index contributed by atoms with van der Waals surface area (Å²) in [4.78, 5) is 22.6. The minimum absolute atomic E-state index is 0.0573. The maximum absolute atomic E-state index is 12.4. The largest absolute Gasteiger partial charge is 0.334 e. The lowest BCUT2D eigenvalue weighted by atomic mass is 10.1. The van der Waals surface area contributed by atoms with Crippen LogP contribution in [0, 0.1) is 6.92 Å². The molecule has 120 valence electrons. The average Bonchev–Trinajstić information content (AvgIpc) is 3.23. The van der Waals surface area contributed by atoms with Crippen molar-refractivity contribution in [2.45, 2.75) is 19.3 Å². The number of aromatic nitrogens is 3. The van der Waals surface area contributed by atoms with Crippen LogP contribution >= 0.6 is 0 Å². The Morgan fingerprint density at radius 3 is 2.62 bits per heavy atom. The molecule has 1 amide bonds. The molecule has 1 saturated heterocycles. The molecule has 6 nitrogen and oxygen atoms in total. The molecule has 1 aliphatic rings. The third kappa shape index (κ3) is 2.67. The summed E-state index contributed by atoms with van der Waals surface area (Å²) >= 11 is 0. The number of carbonyl (C=O) groups excluding carboxylic acids is 1. The van der Waals surface area contributed by atoms with E-state index in [0.29, 0.717) is 24.7 Å².